The maximum absolute atomic E-state index is 12.0. The molecule has 1 aromatic carbocycles. The molecule has 2 heterocycles. The average molecular weight is 384 g/mol. The van der Waals surface area contributed by atoms with Crippen molar-refractivity contribution >= 4 is 23.2 Å². The largest absolute Gasteiger partial charge is 0.484 e. The third-order valence-corrected chi connectivity index (χ3v) is 3.59. The van der Waals surface area contributed by atoms with Gasteiger partial charge in [0.2, 0.25) is 0 Å². The Morgan fingerprint density at radius 1 is 1.14 bits per heavy atom. The maximum atomic E-state index is 12.0. The molecule has 0 spiro atoms. The highest BCUT2D eigenvalue weighted by molar-refractivity contribution is 6.43. The van der Waals surface area contributed by atoms with E-state index >= 15 is 0 Å². The van der Waals surface area contributed by atoms with Gasteiger partial charge in [-0.25, -0.2) is 0 Å². The van der Waals surface area contributed by atoms with E-state index in [9.17, 15) is 9.59 Å². The lowest BCUT2D eigenvalue weighted by Crippen LogP contribution is -2.28. The van der Waals surface area contributed by atoms with Gasteiger partial charge in [0.1, 0.15) is 5.75 Å². The first-order valence-corrected chi connectivity index (χ1v) is 8.70. The summed E-state index contributed by atoms with van der Waals surface area (Å²) in [7, 11) is 0. The molecule has 0 aliphatic heterocycles. The molecule has 0 aliphatic rings. The molecule has 10 heteroatoms. The number of ether oxygens (including phenoxy) is 1. The summed E-state index contributed by atoms with van der Waals surface area (Å²) in [6, 6.07) is 6.56. The fourth-order valence-corrected chi connectivity index (χ4v) is 2.33. The summed E-state index contributed by atoms with van der Waals surface area (Å²) < 4.78 is 12.2. The monoisotopic (exact) mass is 384 g/mol. The number of carbonyl (C=O) groups is 2. The summed E-state index contributed by atoms with van der Waals surface area (Å²) in [5, 5.41) is 12.8. The van der Waals surface area contributed by atoms with Crippen LogP contribution in [-0.4, -0.2) is 31.7 Å². The molecule has 2 N–H and O–H groups in total. The summed E-state index contributed by atoms with van der Waals surface area (Å²) in [6.07, 6.45) is 4.09. The quantitative estimate of drug-likeness (QED) is 0.598. The number of aryl methyl sites for hydroxylation is 2. The van der Waals surface area contributed by atoms with Crippen molar-refractivity contribution in [2.45, 2.75) is 33.4 Å². The Hall–Kier alpha value is -3.69. The molecule has 10 nitrogen and oxygen atoms in total. The van der Waals surface area contributed by atoms with Gasteiger partial charge < -0.3 is 19.9 Å². The predicted octanol–water partition coefficient (Wildman–Crippen LogP) is 2.14. The second-order valence-corrected chi connectivity index (χ2v) is 5.95. The molecule has 0 fully saturated rings. The molecule has 0 aliphatic carbocycles. The third-order valence-electron chi connectivity index (χ3n) is 3.59. The molecule has 0 unspecified atom stereocenters. The topological polar surface area (TPSA) is 124 Å². The van der Waals surface area contributed by atoms with Crippen LogP contribution in [0.1, 0.15) is 25.1 Å². The number of hydrogen-bond donors (Lipinski definition) is 2. The minimum Gasteiger partial charge on any atom is -0.484 e. The molecule has 3 rings (SSSR count). The van der Waals surface area contributed by atoms with E-state index < -0.39 is 11.8 Å². The van der Waals surface area contributed by atoms with Crippen LogP contribution < -0.4 is 15.4 Å². The van der Waals surface area contributed by atoms with Crippen molar-refractivity contribution in [1.82, 2.24) is 19.9 Å². The van der Waals surface area contributed by atoms with E-state index in [0.717, 1.165) is 13.0 Å². The van der Waals surface area contributed by atoms with E-state index in [-0.39, 0.29) is 6.61 Å². The molecule has 2 aromatic heterocycles. The third kappa shape index (κ3) is 5.16. The standard InChI is InChI=1S/C18H20N6O4/c1-3-8-24-10-14(9-19-24)22-18(26)17(25)21-13-4-6-15(7-5-13)27-11-16-20-12(2)23-28-16/h4-7,9-10H,3,8,11H2,1-2H3,(H,21,25)(H,22,26). The van der Waals surface area contributed by atoms with Gasteiger partial charge in [-0.1, -0.05) is 12.1 Å². The molecule has 146 valence electrons. The van der Waals surface area contributed by atoms with E-state index in [1.807, 2.05) is 6.92 Å². The number of anilines is 2. The zero-order chi connectivity index (χ0) is 19.9. The maximum Gasteiger partial charge on any atom is 0.314 e. The zero-order valence-corrected chi connectivity index (χ0v) is 15.5. The number of amides is 2. The van der Waals surface area contributed by atoms with Gasteiger partial charge in [-0.05, 0) is 37.6 Å². The molecular formula is C18H20N6O4. The highest BCUT2D eigenvalue weighted by atomic mass is 16.5. The SMILES string of the molecule is CCCn1cc(NC(=O)C(=O)Nc2ccc(OCc3nc(C)no3)cc2)cn1. The van der Waals surface area contributed by atoms with Crippen LogP contribution in [0.4, 0.5) is 11.4 Å². The lowest BCUT2D eigenvalue weighted by molar-refractivity contribution is -0.132. The molecule has 0 atom stereocenters. The summed E-state index contributed by atoms with van der Waals surface area (Å²) in [5.41, 5.74) is 0.927. The van der Waals surface area contributed by atoms with Gasteiger partial charge in [-0.3, -0.25) is 14.3 Å². The predicted molar refractivity (Wildman–Crippen MR) is 99.6 cm³/mol. The molecule has 28 heavy (non-hydrogen) atoms. The number of carbonyl (C=O) groups excluding carboxylic acids is 2. The van der Waals surface area contributed by atoms with Crippen LogP contribution in [0.25, 0.3) is 0 Å². The van der Waals surface area contributed by atoms with Crippen LogP contribution in [0.2, 0.25) is 0 Å². The van der Waals surface area contributed by atoms with E-state index in [1.165, 1.54) is 6.20 Å². The van der Waals surface area contributed by atoms with Crippen molar-refractivity contribution in [3.05, 3.63) is 48.4 Å². The molecule has 0 saturated heterocycles. The fourth-order valence-electron chi connectivity index (χ4n) is 2.33. The van der Waals surface area contributed by atoms with Crippen LogP contribution in [-0.2, 0) is 22.7 Å². The Morgan fingerprint density at radius 3 is 2.50 bits per heavy atom. The minimum atomic E-state index is -0.779. The first-order valence-electron chi connectivity index (χ1n) is 8.70. The van der Waals surface area contributed by atoms with Crippen molar-refractivity contribution in [1.29, 1.82) is 0 Å². The summed E-state index contributed by atoms with van der Waals surface area (Å²) in [4.78, 5) is 28.1. The van der Waals surface area contributed by atoms with Crippen LogP contribution in [0.3, 0.4) is 0 Å². The van der Waals surface area contributed by atoms with Gasteiger partial charge in [0.15, 0.2) is 12.4 Å². The second kappa shape index (κ2) is 8.80. The van der Waals surface area contributed by atoms with E-state index in [2.05, 4.69) is 25.9 Å². The Bertz CT molecular complexity index is 947. The smallest absolute Gasteiger partial charge is 0.314 e. The van der Waals surface area contributed by atoms with Gasteiger partial charge >= 0.3 is 11.8 Å². The number of nitrogens with one attached hydrogen (secondary N) is 2. The first kappa shape index (κ1) is 19.1. The van der Waals surface area contributed by atoms with E-state index in [0.29, 0.717) is 28.8 Å². The Balaban J connectivity index is 1.49. The van der Waals surface area contributed by atoms with Crippen LogP contribution in [0.15, 0.2) is 41.2 Å². The van der Waals surface area contributed by atoms with Gasteiger partial charge in [-0.2, -0.15) is 10.1 Å². The van der Waals surface area contributed by atoms with Gasteiger partial charge in [0.05, 0.1) is 11.9 Å². The summed E-state index contributed by atoms with van der Waals surface area (Å²) in [5.74, 6) is -0.0931. The number of benzene rings is 1. The van der Waals surface area contributed by atoms with Gasteiger partial charge in [-0.15, -0.1) is 0 Å². The van der Waals surface area contributed by atoms with Crippen molar-refractivity contribution in [3.8, 4) is 5.75 Å². The van der Waals surface area contributed by atoms with E-state index in [1.54, 1.807) is 42.1 Å². The zero-order valence-electron chi connectivity index (χ0n) is 15.5. The van der Waals surface area contributed by atoms with Crippen LogP contribution >= 0.6 is 0 Å². The van der Waals surface area contributed by atoms with Gasteiger partial charge in [0, 0.05) is 18.4 Å². The van der Waals surface area contributed by atoms with Crippen molar-refractivity contribution in [3.63, 3.8) is 0 Å². The van der Waals surface area contributed by atoms with Crippen molar-refractivity contribution in [2.75, 3.05) is 10.6 Å². The number of aromatic nitrogens is 4. The van der Waals surface area contributed by atoms with Gasteiger partial charge in [0.25, 0.3) is 5.89 Å². The molecule has 3 aromatic rings. The normalized spacial score (nSPS) is 10.5. The summed E-state index contributed by atoms with van der Waals surface area (Å²) in [6.45, 7) is 4.62. The van der Waals surface area contributed by atoms with Crippen LogP contribution in [0.5, 0.6) is 5.75 Å². The molecule has 0 radical (unpaired) electrons. The number of nitrogens with zero attached hydrogens (tertiary/aromatic N) is 4. The number of rotatable bonds is 7. The molecular weight excluding hydrogens is 364 g/mol. The Kier molecular flexibility index (Phi) is 6.00. The second-order valence-electron chi connectivity index (χ2n) is 5.95. The Labute approximate surface area is 160 Å². The van der Waals surface area contributed by atoms with E-state index in [4.69, 9.17) is 9.26 Å². The lowest BCUT2D eigenvalue weighted by atomic mass is 10.3. The van der Waals surface area contributed by atoms with Crippen molar-refractivity contribution in [2.24, 2.45) is 0 Å². The molecule has 0 bridgehead atoms. The highest BCUT2D eigenvalue weighted by Gasteiger charge is 2.15. The Morgan fingerprint density at radius 2 is 1.86 bits per heavy atom. The van der Waals surface area contributed by atoms with Crippen LogP contribution in [0, 0.1) is 6.92 Å². The first-order chi connectivity index (χ1) is 13.5. The summed E-state index contributed by atoms with van der Waals surface area (Å²) >= 11 is 0. The molecule has 0 saturated carbocycles. The lowest BCUT2D eigenvalue weighted by Gasteiger charge is -2.07. The number of hydrogen-bond acceptors (Lipinski definition) is 7. The minimum absolute atomic E-state index is 0.140. The highest BCUT2D eigenvalue weighted by Crippen LogP contribution is 2.17. The van der Waals surface area contributed by atoms with Crippen molar-refractivity contribution < 1.29 is 18.8 Å². The fraction of sp³-hybridized carbons (Fsp3) is 0.278. The molecule has 2 amide bonds. The average Bonchev–Trinajstić information content (AvgIpc) is 3.30.